The fraction of sp³-hybridized carbons (Fsp3) is 0.562. The van der Waals surface area contributed by atoms with Crippen molar-refractivity contribution in [3.8, 4) is 11.5 Å². The summed E-state index contributed by atoms with van der Waals surface area (Å²) in [6.07, 6.45) is 3.02. The number of hydrogen-bond acceptors (Lipinski definition) is 9. The highest BCUT2D eigenvalue weighted by atomic mass is 16.6. The second kappa shape index (κ2) is 15.0. The van der Waals surface area contributed by atoms with Gasteiger partial charge in [-0.1, -0.05) is 12.1 Å². The Hall–Kier alpha value is -4.22. The molecule has 0 bridgehead atoms. The molecule has 0 saturated carbocycles. The van der Waals surface area contributed by atoms with Gasteiger partial charge in [0.2, 0.25) is 0 Å². The van der Waals surface area contributed by atoms with Gasteiger partial charge < -0.3 is 34.5 Å². The number of nitro benzene ring substituents is 1. The Kier molecular flexibility index (Phi) is 11.7. The summed E-state index contributed by atoms with van der Waals surface area (Å²) in [6.45, 7) is 13.2. The lowest BCUT2D eigenvalue weighted by Crippen LogP contribution is -2.42. The molecule has 0 aliphatic carbocycles. The first-order valence-electron chi connectivity index (χ1n) is 15.0. The predicted octanol–water partition coefficient (Wildman–Crippen LogP) is 6.42. The van der Waals surface area contributed by atoms with Gasteiger partial charge in [-0.2, -0.15) is 0 Å². The van der Waals surface area contributed by atoms with Crippen LogP contribution in [0, 0.1) is 10.1 Å². The highest BCUT2D eigenvalue weighted by Crippen LogP contribution is 2.25. The first-order chi connectivity index (χ1) is 20.6. The number of nitrogens with zero attached hydrogens (tertiary/aromatic N) is 3. The Bertz CT molecular complexity index is 1270. The summed E-state index contributed by atoms with van der Waals surface area (Å²) in [5.74, 6) is 1.15. The zero-order valence-electron chi connectivity index (χ0n) is 26.6. The average molecular weight is 615 g/mol. The zero-order chi connectivity index (χ0) is 32.5. The molecule has 2 fully saturated rings. The fourth-order valence-electron chi connectivity index (χ4n) is 4.82. The SMILES string of the molecule is CC(C)(C)OC(=O)N1CCC[C@H]1COc1cccc(N)c1.CC(C)(C)OC(=O)N1CCC[C@H]1COc1cccc([N+](=O)[O-])c1. The number of ether oxygens (including phenoxy) is 4. The number of rotatable bonds is 7. The van der Waals surface area contributed by atoms with Gasteiger partial charge in [-0.05, 0) is 85.4 Å². The van der Waals surface area contributed by atoms with Gasteiger partial charge in [0.15, 0.2) is 0 Å². The van der Waals surface area contributed by atoms with E-state index in [9.17, 15) is 19.7 Å². The van der Waals surface area contributed by atoms with Crippen molar-refractivity contribution >= 4 is 23.6 Å². The summed E-state index contributed by atoms with van der Waals surface area (Å²) in [5, 5.41) is 10.8. The van der Waals surface area contributed by atoms with Crippen LogP contribution in [0.25, 0.3) is 0 Å². The average Bonchev–Trinajstić information content (AvgIpc) is 3.59. The topological polar surface area (TPSA) is 147 Å². The molecule has 0 spiro atoms. The van der Waals surface area contributed by atoms with Crippen LogP contribution in [0.4, 0.5) is 21.0 Å². The number of carbonyl (C=O) groups is 2. The number of carbonyl (C=O) groups excluding carboxylic acids is 2. The minimum Gasteiger partial charge on any atom is -0.491 e. The van der Waals surface area contributed by atoms with E-state index in [0.29, 0.717) is 31.2 Å². The quantitative estimate of drug-likeness (QED) is 0.212. The smallest absolute Gasteiger partial charge is 0.410 e. The molecule has 2 heterocycles. The summed E-state index contributed by atoms with van der Waals surface area (Å²) in [6, 6.07) is 13.3. The van der Waals surface area contributed by atoms with Crippen molar-refractivity contribution in [2.75, 3.05) is 32.0 Å². The van der Waals surface area contributed by atoms with Gasteiger partial charge in [-0.15, -0.1) is 0 Å². The van der Waals surface area contributed by atoms with Crippen molar-refractivity contribution in [1.29, 1.82) is 0 Å². The predicted molar refractivity (Wildman–Crippen MR) is 167 cm³/mol. The molecule has 2 N–H and O–H groups in total. The monoisotopic (exact) mass is 614 g/mol. The van der Waals surface area contributed by atoms with Crippen LogP contribution in [0.1, 0.15) is 67.2 Å². The molecule has 2 amide bonds. The van der Waals surface area contributed by atoms with E-state index in [2.05, 4.69) is 0 Å². The van der Waals surface area contributed by atoms with E-state index in [1.807, 2.05) is 59.7 Å². The lowest BCUT2D eigenvalue weighted by Gasteiger charge is -2.28. The maximum absolute atomic E-state index is 12.2. The first-order valence-corrected chi connectivity index (χ1v) is 15.0. The Balaban J connectivity index is 0.000000241. The van der Waals surface area contributed by atoms with Crippen LogP contribution in [-0.2, 0) is 9.47 Å². The molecular formula is C32H46N4O8. The summed E-state index contributed by atoms with van der Waals surface area (Å²) in [4.78, 5) is 38.1. The molecule has 12 heteroatoms. The van der Waals surface area contributed by atoms with Crippen molar-refractivity contribution in [1.82, 2.24) is 9.80 Å². The molecule has 2 aliphatic rings. The molecule has 2 aromatic rings. The number of nitrogens with two attached hydrogens (primary N) is 1. The van der Waals surface area contributed by atoms with Crippen molar-refractivity contribution in [2.45, 2.75) is 90.5 Å². The number of amides is 2. The molecule has 0 aromatic heterocycles. The van der Waals surface area contributed by atoms with Crippen molar-refractivity contribution in [2.24, 2.45) is 0 Å². The van der Waals surface area contributed by atoms with Gasteiger partial charge in [-0.3, -0.25) is 10.1 Å². The number of non-ortho nitro benzene ring substituents is 1. The van der Waals surface area contributed by atoms with Gasteiger partial charge in [0.1, 0.15) is 35.9 Å². The lowest BCUT2D eigenvalue weighted by atomic mass is 10.2. The van der Waals surface area contributed by atoms with Gasteiger partial charge >= 0.3 is 12.2 Å². The van der Waals surface area contributed by atoms with Gasteiger partial charge in [0.05, 0.1) is 23.1 Å². The summed E-state index contributed by atoms with van der Waals surface area (Å²) >= 11 is 0. The number of anilines is 1. The minimum atomic E-state index is -0.537. The van der Waals surface area contributed by atoms with E-state index in [1.54, 1.807) is 28.0 Å². The second-order valence-electron chi connectivity index (χ2n) is 12.9. The van der Waals surface area contributed by atoms with Crippen molar-refractivity contribution in [3.05, 3.63) is 58.6 Å². The van der Waals surface area contributed by atoms with Crippen LogP contribution in [-0.4, -0.2) is 76.5 Å². The van der Waals surface area contributed by atoms with E-state index < -0.39 is 16.1 Å². The normalized spacial score (nSPS) is 18.2. The molecule has 4 rings (SSSR count). The van der Waals surface area contributed by atoms with Crippen LogP contribution >= 0.6 is 0 Å². The third-order valence-corrected chi connectivity index (χ3v) is 6.78. The number of nitro groups is 1. The molecule has 2 aromatic carbocycles. The van der Waals surface area contributed by atoms with Crippen LogP contribution < -0.4 is 15.2 Å². The third kappa shape index (κ3) is 11.1. The minimum absolute atomic E-state index is 0.0158. The largest absolute Gasteiger partial charge is 0.491 e. The Labute approximate surface area is 259 Å². The lowest BCUT2D eigenvalue weighted by molar-refractivity contribution is -0.384. The highest BCUT2D eigenvalue weighted by Gasteiger charge is 2.33. The Morgan fingerprint density at radius 2 is 1.27 bits per heavy atom. The molecule has 44 heavy (non-hydrogen) atoms. The number of likely N-dealkylation sites (tertiary alicyclic amines) is 2. The summed E-state index contributed by atoms with van der Waals surface area (Å²) in [5.41, 5.74) is 5.37. The standard InChI is InChI=1S/C16H22N2O5.C16H24N2O3/c1-16(2,3)23-15(19)17-9-5-7-13(17)11-22-14-8-4-6-12(10-14)18(20)21;1-16(2,3)21-15(19)18-9-5-7-13(18)11-20-14-8-4-6-12(17)10-14/h4,6,8,10,13H,5,7,9,11H2,1-3H3;4,6,8,10,13H,5,7,9,11,17H2,1-3H3/t2*13-/m00/s1. The molecular weight excluding hydrogens is 568 g/mol. The number of nitrogen functional groups attached to an aromatic ring is 1. The van der Waals surface area contributed by atoms with E-state index in [-0.39, 0.29) is 30.0 Å². The van der Waals surface area contributed by atoms with Crippen molar-refractivity contribution in [3.63, 3.8) is 0 Å². The van der Waals surface area contributed by atoms with E-state index in [0.717, 1.165) is 38.0 Å². The third-order valence-electron chi connectivity index (χ3n) is 6.78. The van der Waals surface area contributed by atoms with Gasteiger partial charge in [0.25, 0.3) is 5.69 Å². The van der Waals surface area contributed by atoms with E-state index in [1.165, 1.54) is 12.1 Å². The molecule has 12 nitrogen and oxygen atoms in total. The number of hydrogen-bond donors (Lipinski definition) is 1. The Morgan fingerprint density at radius 3 is 1.70 bits per heavy atom. The number of benzene rings is 2. The Morgan fingerprint density at radius 1 is 0.818 bits per heavy atom. The molecule has 0 radical (unpaired) electrons. The summed E-state index contributed by atoms with van der Waals surface area (Å²) in [7, 11) is 0. The summed E-state index contributed by atoms with van der Waals surface area (Å²) < 4.78 is 22.2. The maximum Gasteiger partial charge on any atom is 0.410 e. The van der Waals surface area contributed by atoms with Crippen LogP contribution in [0.5, 0.6) is 11.5 Å². The molecule has 0 unspecified atom stereocenters. The van der Waals surface area contributed by atoms with Crippen LogP contribution in [0.2, 0.25) is 0 Å². The molecule has 2 saturated heterocycles. The second-order valence-corrected chi connectivity index (χ2v) is 12.9. The van der Waals surface area contributed by atoms with E-state index in [4.69, 9.17) is 24.7 Å². The highest BCUT2D eigenvalue weighted by molar-refractivity contribution is 5.69. The van der Waals surface area contributed by atoms with E-state index >= 15 is 0 Å². The van der Waals surface area contributed by atoms with Crippen LogP contribution in [0.15, 0.2) is 48.5 Å². The molecule has 242 valence electrons. The van der Waals surface area contributed by atoms with Crippen molar-refractivity contribution < 1.29 is 33.5 Å². The van der Waals surface area contributed by atoms with Crippen LogP contribution in [0.3, 0.4) is 0 Å². The maximum atomic E-state index is 12.2. The first kappa shape index (κ1) is 34.3. The molecule has 2 aliphatic heterocycles. The molecule has 2 atom stereocenters. The van der Waals surface area contributed by atoms with Gasteiger partial charge in [-0.25, -0.2) is 9.59 Å². The van der Waals surface area contributed by atoms with Gasteiger partial charge in [0, 0.05) is 30.9 Å². The fourth-order valence-corrected chi connectivity index (χ4v) is 4.82. The zero-order valence-corrected chi connectivity index (χ0v) is 26.6.